The van der Waals surface area contributed by atoms with Crippen LogP contribution < -0.4 is 20.8 Å². The Morgan fingerprint density at radius 1 is 0.383 bits per heavy atom. The van der Waals surface area contributed by atoms with Gasteiger partial charge in [-0.25, -0.2) is 0 Å². The van der Waals surface area contributed by atoms with Crippen LogP contribution in [0.1, 0.15) is 22.3 Å². The van der Waals surface area contributed by atoms with Crippen molar-refractivity contribution in [2.75, 3.05) is 4.90 Å². The lowest BCUT2D eigenvalue weighted by atomic mass is 9.62. The minimum atomic E-state index is -3.14. The molecule has 0 atom stereocenters. The van der Waals surface area contributed by atoms with E-state index in [0.717, 1.165) is 38.3 Å². The second kappa shape index (κ2) is 13.6. The van der Waals surface area contributed by atoms with Crippen LogP contribution in [0.5, 0.6) is 0 Å². The molecule has 0 aliphatic carbocycles. The highest BCUT2D eigenvalue weighted by molar-refractivity contribution is 7.99. The number of hydrogen-bond acceptors (Lipinski definition) is 3. The van der Waals surface area contributed by atoms with E-state index in [2.05, 4.69) is 173 Å². The van der Waals surface area contributed by atoms with Crippen molar-refractivity contribution >= 4 is 73.7 Å². The summed E-state index contributed by atoms with van der Waals surface area (Å²) >= 11 is 1.87. The summed E-state index contributed by atoms with van der Waals surface area (Å²) in [7, 11) is -3.14. The molecule has 0 saturated heterocycles. The van der Waals surface area contributed by atoms with Gasteiger partial charge in [0.25, 0.3) is 0 Å². The van der Waals surface area contributed by atoms with Crippen molar-refractivity contribution in [3.8, 4) is 5.69 Å². The van der Waals surface area contributed by atoms with E-state index in [0.29, 0.717) is 0 Å². The molecule has 0 N–H and O–H groups in total. The van der Waals surface area contributed by atoms with E-state index < -0.39 is 12.6 Å². The van der Waals surface area contributed by atoms with Crippen LogP contribution >= 0.6 is 18.9 Å². The Bertz CT molecular complexity index is 3230. The van der Waals surface area contributed by atoms with E-state index in [1.54, 1.807) is 0 Å². The Kier molecular flexibility index (Phi) is 7.97. The molecule has 3 heterocycles. The number of benzene rings is 9. The molecule has 1 spiro atoms. The summed E-state index contributed by atoms with van der Waals surface area (Å²) in [5.41, 5.74) is 11.2. The molecule has 0 unspecified atom stereocenters. The number of aromatic nitrogens is 1. The second-order valence-corrected chi connectivity index (χ2v) is 19.4. The zero-order valence-electron chi connectivity index (χ0n) is 32.5. The van der Waals surface area contributed by atoms with Crippen LogP contribution in [-0.2, 0) is 9.98 Å². The Morgan fingerprint density at radius 3 is 1.55 bits per heavy atom. The van der Waals surface area contributed by atoms with Crippen LogP contribution in [0.3, 0.4) is 0 Å². The molecule has 0 amide bonds. The summed E-state index contributed by atoms with van der Waals surface area (Å²) in [6.07, 6.45) is 0. The van der Waals surface area contributed by atoms with Crippen molar-refractivity contribution in [1.82, 2.24) is 4.57 Å². The second-order valence-electron chi connectivity index (χ2n) is 15.6. The zero-order chi connectivity index (χ0) is 39.8. The maximum atomic E-state index is 15.4. The van der Waals surface area contributed by atoms with E-state index in [-0.39, 0.29) is 0 Å². The first kappa shape index (κ1) is 35.1. The van der Waals surface area contributed by atoms with Gasteiger partial charge in [-0.2, -0.15) is 0 Å². The molecule has 12 rings (SSSR count). The van der Waals surface area contributed by atoms with Gasteiger partial charge >= 0.3 is 0 Å². The molecular formula is C55H37N2OPS. The molecule has 9 aromatic carbocycles. The average Bonchev–Trinajstić information content (AvgIpc) is 3.64. The van der Waals surface area contributed by atoms with Crippen LogP contribution in [0.4, 0.5) is 17.1 Å². The van der Waals surface area contributed by atoms with Crippen molar-refractivity contribution in [1.29, 1.82) is 0 Å². The molecule has 10 aromatic rings. The lowest BCUT2D eigenvalue weighted by molar-refractivity contribution is 0.592. The molecule has 5 heteroatoms. The van der Waals surface area contributed by atoms with Crippen LogP contribution in [0.15, 0.2) is 234 Å². The third-order valence-electron chi connectivity index (χ3n) is 12.5. The fourth-order valence-electron chi connectivity index (χ4n) is 10.00. The molecule has 1 aromatic heterocycles. The van der Waals surface area contributed by atoms with Gasteiger partial charge in [0, 0.05) is 47.9 Å². The fourth-order valence-corrected chi connectivity index (χ4v) is 13.9. The SMILES string of the molecule is O=P(c1ccccc1)(c1ccccc1)c1ccc(-n2c3ccccc3c3cc4c(cc32)C2(c3ccccc3S4)c3ccccc3N(c3ccccc3)c3ccccc32)cc1. The maximum Gasteiger partial charge on any atom is 0.171 e. The number of fused-ring (bicyclic) bond motifs is 11. The lowest BCUT2D eigenvalue weighted by Crippen LogP contribution is -2.39. The Labute approximate surface area is 353 Å². The predicted molar refractivity (Wildman–Crippen MR) is 251 cm³/mol. The highest BCUT2D eigenvalue weighted by atomic mass is 32.2. The number of anilines is 3. The third kappa shape index (κ3) is 4.96. The largest absolute Gasteiger partial charge is 0.310 e. The van der Waals surface area contributed by atoms with Gasteiger partial charge in [-0.3, -0.25) is 0 Å². The topological polar surface area (TPSA) is 25.2 Å². The van der Waals surface area contributed by atoms with Gasteiger partial charge < -0.3 is 14.0 Å². The first-order valence-corrected chi connectivity index (χ1v) is 22.9. The number of para-hydroxylation sites is 4. The summed E-state index contributed by atoms with van der Waals surface area (Å²) < 4.78 is 17.8. The van der Waals surface area contributed by atoms with Crippen molar-refractivity contribution in [2.45, 2.75) is 15.2 Å². The average molecular weight is 805 g/mol. The summed E-state index contributed by atoms with van der Waals surface area (Å²) in [5.74, 6) is 0. The van der Waals surface area contributed by atoms with E-state index in [1.165, 1.54) is 54.2 Å². The van der Waals surface area contributed by atoms with E-state index in [9.17, 15) is 0 Å². The summed E-state index contributed by atoms with van der Waals surface area (Å²) in [6, 6.07) is 79.7. The fraction of sp³-hybridized carbons (Fsp3) is 0.0182. The molecule has 3 nitrogen and oxygen atoms in total. The molecule has 2 aliphatic heterocycles. The standard InChI is InChI=1S/C55H37N2OPS/c58-59(40-20-6-2-7-21-40,41-22-8-3-9-23-41)42-34-32-39(33-35-42)56-49-28-14-10-24-43(49)44-36-54-48(37-52(44)56)55(47-27-13-17-31-53(47)60-54)45-25-11-15-29-50(45)57(38-18-4-1-5-19-38)51-30-16-12-26-46(51)55/h1-37H. The minimum Gasteiger partial charge on any atom is -0.310 e. The third-order valence-corrected chi connectivity index (χ3v) is 16.7. The van der Waals surface area contributed by atoms with Gasteiger partial charge in [-0.15, -0.1) is 0 Å². The van der Waals surface area contributed by atoms with E-state index >= 15 is 4.57 Å². The highest BCUT2D eigenvalue weighted by Crippen LogP contribution is 2.63. The van der Waals surface area contributed by atoms with Crippen LogP contribution in [0, 0.1) is 0 Å². The molecule has 0 fully saturated rings. The van der Waals surface area contributed by atoms with Gasteiger partial charge in [-0.05, 0) is 95.1 Å². The summed E-state index contributed by atoms with van der Waals surface area (Å²) in [5, 5.41) is 4.88. The Balaban J connectivity index is 1.13. The molecular weight excluding hydrogens is 768 g/mol. The summed E-state index contributed by atoms with van der Waals surface area (Å²) in [4.78, 5) is 4.95. The zero-order valence-corrected chi connectivity index (χ0v) is 34.2. The molecule has 0 bridgehead atoms. The van der Waals surface area contributed by atoms with Crippen LogP contribution in [-0.4, -0.2) is 4.57 Å². The van der Waals surface area contributed by atoms with Gasteiger partial charge in [-0.1, -0.05) is 163 Å². The molecule has 284 valence electrons. The van der Waals surface area contributed by atoms with E-state index in [4.69, 9.17) is 0 Å². The van der Waals surface area contributed by atoms with Gasteiger partial charge in [0.05, 0.1) is 27.8 Å². The monoisotopic (exact) mass is 804 g/mol. The van der Waals surface area contributed by atoms with Crippen molar-refractivity contribution in [3.63, 3.8) is 0 Å². The maximum absolute atomic E-state index is 15.4. The van der Waals surface area contributed by atoms with Crippen molar-refractivity contribution in [3.05, 3.63) is 247 Å². The minimum absolute atomic E-state index is 0.604. The highest BCUT2D eigenvalue weighted by Gasteiger charge is 2.50. The normalized spacial score (nSPS) is 13.8. The molecule has 60 heavy (non-hydrogen) atoms. The Hall–Kier alpha value is -6.84. The van der Waals surface area contributed by atoms with Crippen LogP contribution in [0.2, 0.25) is 0 Å². The molecule has 0 saturated carbocycles. The lowest BCUT2D eigenvalue weighted by Gasteiger charge is -2.49. The Morgan fingerprint density at radius 2 is 0.900 bits per heavy atom. The predicted octanol–water partition coefficient (Wildman–Crippen LogP) is 13.1. The van der Waals surface area contributed by atoms with Gasteiger partial charge in [0.15, 0.2) is 7.14 Å². The first-order chi connectivity index (χ1) is 29.7. The molecule has 0 radical (unpaired) electrons. The first-order valence-electron chi connectivity index (χ1n) is 20.4. The number of rotatable bonds is 5. The number of nitrogens with zero attached hydrogens (tertiary/aromatic N) is 2. The van der Waals surface area contributed by atoms with Crippen molar-refractivity contribution < 1.29 is 4.57 Å². The van der Waals surface area contributed by atoms with Crippen molar-refractivity contribution in [2.24, 2.45) is 0 Å². The quantitative estimate of drug-likeness (QED) is 0.162. The summed E-state index contributed by atoms with van der Waals surface area (Å²) in [6.45, 7) is 0. The smallest absolute Gasteiger partial charge is 0.171 e. The van der Waals surface area contributed by atoms with E-state index in [1.807, 2.05) is 72.4 Å². The van der Waals surface area contributed by atoms with Gasteiger partial charge in [0.2, 0.25) is 0 Å². The molecule has 2 aliphatic rings. The van der Waals surface area contributed by atoms with Gasteiger partial charge in [0.1, 0.15) is 0 Å². The number of hydrogen-bond donors (Lipinski definition) is 0. The van der Waals surface area contributed by atoms with Crippen LogP contribution in [0.25, 0.3) is 27.5 Å².